The summed E-state index contributed by atoms with van der Waals surface area (Å²) in [7, 11) is -3.52. The molecule has 84 valence electrons. The number of carbonyl (C=O) groups is 1. The fraction of sp³-hybridized carbons (Fsp3) is 0.100. The lowest BCUT2D eigenvalue weighted by atomic mass is 10.2. The first-order valence-corrected chi connectivity index (χ1v) is 6.64. The number of hydrogen-bond acceptors (Lipinski definition) is 3. The van der Waals surface area contributed by atoms with Crippen LogP contribution in [-0.2, 0) is 10.0 Å². The van der Waals surface area contributed by atoms with Crippen LogP contribution in [-0.4, -0.2) is 24.9 Å². The summed E-state index contributed by atoms with van der Waals surface area (Å²) in [5.41, 5.74) is 0.611. The summed E-state index contributed by atoms with van der Waals surface area (Å²) in [5.74, 6) is 0. The predicted molar refractivity (Wildman–Crippen MR) is 62.6 cm³/mol. The molecule has 0 aliphatic carbocycles. The first-order chi connectivity index (χ1) is 7.46. The molecule has 2 rings (SSSR count). The molecule has 0 fully saturated rings. The Balaban J connectivity index is 3.06. The lowest BCUT2D eigenvalue weighted by Crippen LogP contribution is -2.09. The number of carbonyl (C=O) groups excluding carboxylic acids is 1. The summed E-state index contributed by atoms with van der Waals surface area (Å²) in [5, 5.41) is 0.464. The molecule has 1 aromatic heterocycles. The van der Waals surface area contributed by atoms with E-state index in [1.807, 2.05) is 0 Å². The third-order valence-electron chi connectivity index (χ3n) is 2.26. The fourth-order valence-electron chi connectivity index (χ4n) is 1.64. The van der Waals surface area contributed by atoms with Gasteiger partial charge in [0.15, 0.2) is 6.29 Å². The third kappa shape index (κ3) is 1.52. The number of rotatable bonds is 2. The standard InChI is InChI=1S/C10H8ClNO3S/c1-16(14,15)12-9-5-3-2-4-7(9)8(6-13)10(12)11/h2-6H,1H3. The second-order valence-corrected chi connectivity index (χ2v) is 5.56. The Morgan fingerprint density at radius 2 is 1.94 bits per heavy atom. The van der Waals surface area contributed by atoms with Crippen molar-refractivity contribution in [2.45, 2.75) is 0 Å². The highest BCUT2D eigenvalue weighted by Crippen LogP contribution is 2.29. The summed E-state index contributed by atoms with van der Waals surface area (Å²) in [4.78, 5) is 10.9. The van der Waals surface area contributed by atoms with Crippen molar-refractivity contribution in [2.75, 3.05) is 6.26 Å². The van der Waals surface area contributed by atoms with Gasteiger partial charge in [0, 0.05) is 5.39 Å². The number of fused-ring (bicyclic) bond motifs is 1. The van der Waals surface area contributed by atoms with E-state index in [-0.39, 0.29) is 10.7 Å². The fourth-order valence-corrected chi connectivity index (χ4v) is 3.16. The zero-order chi connectivity index (χ0) is 11.9. The smallest absolute Gasteiger partial charge is 0.237 e. The number of halogens is 1. The molecule has 0 saturated heterocycles. The van der Waals surface area contributed by atoms with Gasteiger partial charge < -0.3 is 0 Å². The van der Waals surface area contributed by atoms with E-state index in [9.17, 15) is 13.2 Å². The van der Waals surface area contributed by atoms with Crippen molar-refractivity contribution in [2.24, 2.45) is 0 Å². The third-order valence-corrected chi connectivity index (χ3v) is 3.78. The van der Waals surface area contributed by atoms with E-state index in [2.05, 4.69) is 0 Å². The molecule has 0 unspecified atom stereocenters. The van der Waals surface area contributed by atoms with Gasteiger partial charge in [-0.3, -0.25) is 4.79 Å². The number of aldehydes is 1. The van der Waals surface area contributed by atoms with Gasteiger partial charge in [-0.15, -0.1) is 0 Å². The predicted octanol–water partition coefficient (Wildman–Crippen LogP) is 1.91. The van der Waals surface area contributed by atoms with Crippen molar-refractivity contribution in [1.82, 2.24) is 3.97 Å². The molecular formula is C10H8ClNO3S. The van der Waals surface area contributed by atoms with Crippen LogP contribution in [0.3, 0.4) is 0 Å². The van der Waals surface area contributed by atoms with E-state index in [0.717, 1.165) is 10.2 Å². The van der Waals surface area contributed by atoms with Crippen molar-refractivity contribution in [1.29, 1.82) is 0 Å². The average Bonchev–Trinajstić information content (AvgIpc) is 2.48. The highest BCUT2D eigenvalue weighted by atomic mass is 35.5. The van der Waals surface area contributed by atoms with Gasteiger partial charge in [-0.2, -0.15) is 0 Å². The number of aromatic nitrogens is 1. The first kappa shape index (κ1) is 11.2. The lowest BCUT2D eigenvalue weighted by Gasteiger charge is -2.02. The molecule has 16 heavy (non-hydrogen) atoms. The highest BCUT2D eigenvalue weighted by molar-refractivity contribution is 7.89. The molecule has 0 aliphatic rings. The van der Waals surface area contributed by atoms with Gasteiger partial charge in [-0.05, 0) is 6.07 Å². The van der Waals surface area contributed by atoms with E-state index < -0.39 is 10.0 Å². The van der Waals surface area contributed by atoms with Crippen molar-refractivity contribution in [3.63, 3.8) is 0 Å². The van der Waals surface area contributed by atoms with Crippen LogP contribution in [0.5, 0.6) is 0 Å². The zero-order valence-corrected chi connectivity index (χ0v) is 9.92. The number of para-hydroxylation sites is 1. The number of nitrogens with zero attached hydrogens (tertiary/aromatic N) is 1. The molecule has 4 nitrogen and oxygen atoms in total. The molecular weight excluding hydrogens is 250 g/mol. The maximum absolute atomic E-state index is 11.6. The summed E-state index contributed by atoms with van der Waals surface area (Å²) in [6.07, 6.45) is 1.60. The van der Waals surface area contributed by atoms with Gasteiger partial charge >= 0.3 is 0 Å². The van der Waals surface area contributed by atoms with E-state index in [4.69, 9.17) is 11.6 Å². The highest BCUT2D eigenvalue weighted by Gasteiger charge is 2.20. The van der Waals surface area contributed by atoms with Crippen molar-refractivity contribution in [3.05, 3.63) is 35.0 Å². The monoisotopic (exact) mass is 257 g/mol. The molecule has 0 N–H and O–H groups in total. The lowest BCUT2D eigenvalue weighted by molar-refractivity contribution is 0.112. The second kappa shape index (κ2) is 3.61. The molecule has 1 aromatic carbocycles. The van der Waals surface area contributed by atoms with E-state index >= 15 is 0 Å². The van der Waals surface area contributed by atoms with Crippen LogP contribution in [0.15, 0.2) is 24.3 Å². The summed E-state index contributed by atoms with van der Waals surface area (Å²) < 4.78 is 24.1. The Kier molecular flexibility index (Phi) is 2.52. The quantitative estimate of drug-likeness (QED) is 0.773. The molecule has 0 aliphatic heterocycles. The topological polar surface area (TPSA) is 56.1 Å². The van der Waals surface area contributed by atoms with Gasteiger partial charge in [0.25, 0.3) is 0 Å². The molecule has 2 aromatic rings. The Bertz CT molecular complexity index is 673. The first-order valence-electron chi connectivity index (χ1n) is 4.41. The normalized spacial score (nSPS) is 11.9. The number of hydrogen-bond donors (Lipinski definition) is 0. The minimum Gasteiger partial charge on any atom is -0.298 e. The summed E-state index contributed by atoms with van der Waals surface area (Å²) in [6.45, 7) is 0. The van der Waals surface area contributed by atoms with Gasteiger partial charge in [-0.25, -0.2) is 12.4 Å². The van der Waals surface area contributed by atoms with Crippen LogP contribution in [0.25, 0.3) is 10.9 Å². The maximum Gasteiger partial charge on any atom is 0.237 e. The zero-order valence-electron chi connectivity index (χ0n) is 8.34. The largest absolute Gasteiger partial charge is 0.298 e. The van der Waals surface area contributed by atoms with E-state index in [0.29, 0.717) is 17.2 Å². The molecule has 0 saturated carbocycles. The van der Waals surface area contributed by atoms with Crippen molar-refractivity contribution in [3.8, 4) is 0 Å². The molecule has 1 heterocycles. The Morgan fingerprint density at radius 3 is 2.50 bits per heavy atom. The van der Waals surface area contributed by atoms with Crippen LogP contribution in [0, 0.1) is 0 Å². The maximum atomic E-state index is 11.6. The minimum absolute atomic E-state index is 0.0706. The van der Waals surface area contributed by atoms with Crippen LogP contribution in [0.1, 0.15) is 10.4 Å². The molecule has 0 amide bonds. The van der Waals surface area contributed by atoms with Crippen LogP contribution in [0.4, 0.5) is 0 Å². The van der Waals surface area contributed by atoms with Crippen molar-refractivity contribution < 1.29 is 13.2 Å². The Hall–Kier alpha value is -1.33. The second-order valence-electron chi connectivity index (χ2n) is 3.37. The van der Waals surface area contributed by atoms with E-state index in [1.165, 1.54) is 0 Å². The molecule has 0 spiro atoms. The minimum atomic E-state index is -3.52. The number of benzene rings is 1. The molecule has 6 heteroatoms. The van der Waals surface area contributed by atoms with Crippen LogP contribution >= 0.6 is 11.6 Å². The van der Waals surface area contributed by atoms with Gasteiger partial charge in [0.05, 0.1) is 17.3 Å². The Labute approximate surface area is 97.5 Å². The molecule has 0 atom stereocenters. The Morgan fingerprint density at radius 1 is 1.31 bits per heavy atom. The van der Waals surface area contributed by atoms with Crippen LogP contribution < -0.4 is 0 Å². The molecule has 0 radical (unpaired) electrons. The summed E-state index contributed by atoms with van der Waals surface area (Å²) in [6, 6.07) is 6.68. The van der Waals surface area contributed by atoms with Crippen LogP contribution in [0.2, 0.25) is 5.15 Å². The van der Waals surface area contributed by atoms with Gasteiger partial charge in [0.1, 0.15) is 5.15 Å². The van der Waals surface area contributed by atoms with Gasteiger partial charge in [-0.1, -0.05) is 29.8 Å². The SMILES string of the molecule is CS(=O)(=O)n1c(Cl)c(C=O)c2ccccc21. The van der Waals surface area contributed by atoms with Gasteiger partial charge in [0.2, 0.25) is 10.0 Å². The molecule has 0 bridgehead atoms. The van der Waals surface area contributed by atoms with E-state index in [1.54, 1.807) is 24.3 Å². The van der Waals surface area contributed by atoms with Crippen molar-refractivity contribution >= 4 is 38.8 Å². The average molecular weight is 258 g/mol. The summed E-state index contributed by atoms with van der Waals surface area (Å²) >= 11 is 5.89.